The minimum atomic E-state index is 0. The van der Waals surface area contributed by atoms with Crippen molar-refractivity contribution in [2.45, 2.75) is 52.1 Å². The van der Waals surface area contributed by atoms with Gasteiger partial charge < -0.3 is 14.3 Å². The first-order valence-corrected chi connectivity index (χ1v) is 11.1. The van der Waals surface area contributed by atoms with E-state index in [2.05, 4.69) is 22.0 Å². The summed E-state index contributed by atoms with van der Waals surface area (Å²) in [5.41, 5.74) is 1.10. The van der Waals surface area contributed by atoms with Crippen LogP contribution in [0.25, 0.3) is 0 Å². The predicted molar refractivity (Wildman–Crippen MR) is 124 cm³/mol. The molecule has 9 heteroatoms. The van der Waals surface area contributed by atoms with E-state index in [0.717, 1.165) is 44.6 Å². The van der Waals surface area contributed by atoms with Gasteiger partial charge in [-0.2, -0.15) is 4.98 Å². The molecule has 2 heterocycles. The van der Waals surface area contributed by atoms with Crippen LogP contribution in [0.4, 0.5) is 0 Å². The highest BCUT2D eigenvalue weighted by Crippen LogP contribution is 2.11. The molecule has 0 radical (unpaired) electrons. The van der Waals surface area contributed by atoms with E-state index in [0.29, 0.717) is 44.1 Å². The van der Waals surface area contributed by atoms with Gasteiger partial charge >= 0.3 is 0 Å². The minimum Gasteiger partial charge on any atom is -0.341 e. The van der Waals surface area contributed by atoms with Gasteiger partial charge in [-0.15, -0.1) is 12.4 Å². The van der Waals surface area contributed by atoms with Crippen molar-refractivity contribution < 1.29 is 14.1 Å². The van der Waals surface area contributed by atoms with E-state index in [1.54, 1.807) is 11.9 Å². The number of rotatable bonds is 10. The van der Waals surface area contributed by atoms with Crippen LogP contribution < -0.4 is 0 Å². The third-order valence-electron chi connectivity index (χ3n) is 5.59. The smallest absolute Gasteiger partial charge is 0.227 e. The van der Waals surface area contributed by atoms with Crippen LogP contribution in [0, 0.1) is 0 Å². The monoisotopic (exact) mass is 463 g/mol. The lowest BCUT2D eigenvalue weighted by Crippen LogP contribution is -2.48. The lowest BCUT2D eigenvalue weighted by atomic mass is 10.2. The Morgan fingerprint density at radius 2 is 1.81 bits per heavy atom. The number of piperazine rings is 1. The Bertz CT molecular complexity index is 837. The highest BCUT2D eigenvalue weighted by molar-refractivity contribution is 5.85. The average molecular weight is 464 g/mol. The van der Waals surface area contributed by atoms with Crippen LogP contribution in [0.15, 0.2) is 34.9 Å². The molecule has 0 bridgehead atoms. The zero-order valence-corrected chi connectivity index (χ0v) is 19.9. The van der Waals surface area contributed by atoms with Crippen LogP contribution in [-0.4, -0.2) is 69.9 Å². The van der Waals surface area contributed by atoms with Crippen LogP contribution in [0.3, 0.4) is 0 Å². The lowest BCUT2D eigenvalue weighted by molar-refractivity contribution is -0.133. The van der Waals surface area contributed by atoms with E-state index in [4.69, 9.17) is 4.52 Å². The molecule has 0 saturated carbocycles. The summed E-state index contributed by atoms with van der Waals surface area (Å²) in [4.78, 5) is 34.9. The van der Waals surface area contributed by atoms with E-state index in [9.17, 15) is 9.59 Å². The van der Waals surface area contributed by atoms with Gasteiger partial charge in [-0.05, 0) is 12.0 Å². The SMILES string of the molecule is CCCCC(=O)N1CCN(Cc2noc(CCC(=O)N(C)Cc3ccccc3)n2)CC1.Cl. The second kappa shape index (κ2) is 13.2. The molecule has 0 unspecified atom stereocenters. The molecule has 2 aromatic rings. The maximum atomic E-state index is 12.4. The molecule has 3 rings (SSSR count). The van der Waals surface area contributed by atoms with E-state index in [1.807, 2.05) is 35.2 Å². The molecule has 2 amide bonds. The predicted octanol–water partition coefficient (Wildman–Crippen LogP) is 2.92. The number of carbonyl (C=O) groups is 2. The van der Waals surface area contributed by atoms with Gasteiger partial charge in [0.25, 0.3) is 0 Å². The summed E-state index contributed by atoms with van der Waals surface area (Å²) in [6, 6.07) is 9.92. The molecule has 0 N–H and O–H groups in total. The third kappa shape index (κ3) is 7.91. The largest absolute Gasteiger partial charge is 0.341 e. The zero-order chi connectivity index (χ0) is 22.1. The molecule has 0 aliphatic carbocycles. The Morgan fingerprint density at radius 1 is 1.09 bits per heavy atom. The number of aromatic nitrogens is 2. The van der Waals surface area contributed by atoms with Crippen LogP contribution >= 0.6 is 12.4 Å². The Balaban J connectivity index is 0.00000363. The summed E-state index contributed by atoms with van der Waals surface area (Å²) >= 11 is 0. The summed E-state index contributed by atoms with van der Waals surface area (Å²) in [6.45, 7) is 6.40. The molecule has 1 aromatic carbocycles. The molecule has 1 aliphatic heterocycles. The Hall–Kier alpha value is -2.45. The van der Waals surface area contributed by atoms with Gasteiger partial charge in [-0.1, -0.05) is 48.8 Å². The zero-order valence-electron chi connectivity index (χ0n) is 19.0. The normalized spacial score (nSPS) is 14.1. The van der Waals surface area contributed by atoms with Gasteiger partial charge in [0.2, 0.25) is 17.7 Å². The number of hydrogen-bond donors (Lipinski definition) is 0. The molecule has 8 nitrogen and oxygen atoms in total. The summed E-state index contributed by atoms with van der Waals surface area (Å²) in [5.74, 6) is 1.42. The molecule has 0 atom stereocenters. The minimum absolute atomic E-state index is 0. The number of nitrogens with zero attached hydrogens (tertiary/aromatic N) is 5. The molecule has 176 valence electrons. The van der Waals surface area contributed by atoms with E-state index >= 15 is 0 Å². The van der Waals surface area contributed by atoms with Crippen molar-refractivity contribution in [2.75, 3.05) is 33.2 Å². The van der Waals surface area contributed by atoms with Gasteiger partial charge in [0.15, 0.2) is 5.82 Å². The maximum absolute atomic E-state index is 12.4. The van der Waals surface area contributed by atoms with Crippen molar-refractivity contribution in [2.24, 2.45) is 0 Å². The number of aryl methyl sites for hydroxylation is 1. The summed E-state index contributed by atoms with van der Waals surface area (Å²) in [5, 5.41) is 4.06. The molecule has 32 heavy (non-hydrogen) atoms. The van der Waals surface area contributed by atoms with E-state index in [-0.39, 0.29) is 24.2 Å². The second-order valence-corrected chi connectivity index (χ2v) is 8.10. The van der Waals surface area contributed by atoms with Crippen molar-refractivity contribution in [1.82, 2.24) is 24.8 Å². The molecule has 1 aliphatic rings. The van der Waals surface area contributed by atoms with Gasteiger partial charge in [-0.3, -0.25) is 14.5 Å². The summed E-state index contributed by atoms with van der Waals surface area (Å²) in [7, 11) is 1.81. The molecule has 1 fully saturated rings. The molecular weight excluding hydrogens is 430 g/mol. The molecular formula is C23H34ClN5O3. The fourth-order valence-corrected chi connectivity index (χ4v) is 3.65. The van der Waals surface area contributed by atoms with Gasteiger partial charge in [-0.25, -0.2) is 0 Å². The Labute approximate surface area is 196 Å². The van der Waals surface area contributed by atoms with Crippen molar-refractivity contribution >= 4 is 24.2 Å². The molecule has 1 saturated heterocycles. The van der Waals surface area contributed by atoms with Gasteiger partial charge in [0.1, 0.15) is 0 Å². The number of halogens is 1. The average Bonchev–Trinajstić information content (AvgIpc) is 3.24. The topological polar surface area (TPSA) is 82.8 Å². The van der Waals surface area contributed by atoms with Gasteiger partial charge in [0, 0.05) is 59.0 Å². The first-order chi connectivity index (χ1) is 15.0. The number of hydrogen-bond acceptors (Lipinski definition) is 6. The Kier molecular flexibility index (Phi) is 10.6. The summed E-state index contributed by atoms with van der Waals surface area (Å²) < 4.78 is 5.34. The van der Waals surface area contributed by atoms with Crippen LogP contribution in [-0.2, 0) is 29.1 Å². The highest BCUT2D eigenvalue weighted by Gasteiger charge is 2.22. The first-order valence-electron chi connectivity index (χ1n) is 11.1. The fraction of sp³-hybridized carbons (Fsp3) is 0.565. The highest BCUT2D eigenvalue weighted by atomic mass is 35.5. The Morgan fingerprint density at radius 3 is 2.50 bits per heavy atom. The standard InChI is InChI=1S/C23H33N5O3.ClH/c1-3-4-10-23(30)28-15-13-27(14-16-28)18-20-24-21(31-25-20)11-12-22(29)26(2)17-19-8-6-5-7-9-19;/h5-9H,3-4,10-18H2,1-2H3;1H. The molecule has 1 aromatic heterocycles. The number of unbranched alkanes of at least 4 members (excludes halogenated alkanes) is 1. The van der Waals surface area contributed by atoms with Crippen molar-refractivity contribution in [3.05, 3.63) is 47.6 Å². The second-order valence-electron chi connectivity index (χ2n) is 8.10. The fourth-order valence-electron chi connectivity index (χ4n) is 3.65. The lowest BCUT2D eigenvalue weighted by Gasteiger charge is -2.34. The van der Waals surface area contributed by atoms with Crippen LogP contribution in [0.1, 0.15) is 49.9 Å². The van der Waals surface area contributed by atoms with E-state index in [1.165, 1.54) is 0 Å². The number of carbonyl (C=O) groups excluding carboxylic acids is 2. The van der Waals surface area contributed by atoms with Crippen LogP contribution in [0.5, 0.6) is 0 Å². The van der Waals surface area contributed by atoms with Crippen molar-refractivity contribution in [1.29, 1.82) is 0 Å². The number of amides is 2. The number of benzene rings is 1. The quantitative estimate of drug-likeness (QED) is 0.538. The summed E-state index contributed by atoms with van der Waals surface area (Å²) in [6.07, 6.45) is 3.41. The van der Waals surface area contributed by atoms with E-state index < -0.39 is 0 Å². The maximum Gasteiger partial charge on any atom is 0.227 e. The van der Waals surface area contributed by atoms with Crippen molar-refractivity contribution in [3.8, 4) is 0 Å². The van der Waals surface area contributed by atoms with Crippen LogP contribution in [0.2, 0.25) is 0 Å². The molecule has 0 spiro atoms. The van der Waals surface area contributed by atoms with Crippen molar-refractivity contribution in [3.63, 3.8) is 0 Å². The first kappa shape index (κ1) is 25.8. The van der Waals surface area contributed by atoms with Gasteiger partial charge in [0.05, 0.1) is 6.54 Å². The third-order valence-corrected chi connectivity index (χ3v) is 5.59.